The van der Waals surface area contributed by atoms with Crippen molar-refractivity contribution in [3.05, 3.63) is 34.5 Å². The number of aromatic nitrogens is 3. The van der Waals surface area contributed by atoms with Gasteiger partial charge in [0.1, 0.15) is 5.76 Å². The first-order valence-electron chi connectivity index (χ1n) is 9.96. The van der Waals surface area contributed by atoms with E-state index in [0.717, 1.165) is 35.8 Å². The molecule has 28 heavy (non-hydrogen) atoms. The number of amides is 1. The number of nitrogens with zero attached hydrogens (tertiary/aromatic N) is 4. The summed E-state index contributed by atoms with van der Waals surface area (Å²) in [7, 11) is 0. The summed E-state index contributed by atoms with van der Waals surface area (Å²) in [6.45, 7) is 7.06. The van der Waals surface area contributed by atoms with Gasteiger partial charge in [-0.15, -0.1) is 0 Å². The highest BCUT2D eigenvalue weighted by molar-refractivity contribution is 5.92. The zero-order chi connectivity index (χ0) is 19.3. The first kappa shape index (κ1) is 17.6. The second-order valence-electron chi connectivity index (χ2n) is 8.36. The Balaban J connectivity index is 1.42. The third kappa shape index (κ3) is 3.05. The summed E-state index contributed by atoms with van der Waals surface area (Å²) in [5.41, 5.74) is 3.13. The summed E-state index contributed by atoms with van der Waals surface area (Å²) in [6, 6.07) is 1.69. The molecule has 1 spiro atoms. The van der Waals surface area contributed by atoms with Gasteiger partial charge in [0.05, 0.1) is 24.3 Å². The van der Waals surface area contributed by atoms with Crippen LogP contribution in [0.3, 0.4) is 0 Å². The molecule has 1 atom stereocenters. The van der Waals surface area contributed by atoms with E-state index in [9.17, 15) is 4.79 Å². The predicted molar refractivity (Wildman–Crippen MR) is 101 cm³/mol. The molecule has 1 amide bonds. The van der Waals surface area contributed by atoms with Crippen LogP contribution in [0.25, 0.3) is 0 Å². The minimum absolute atomic E-state index is 0.0984. The standard InChI is InChI=1S/C20H25N5O3/c1-12-7-16(24-28-12)18(26)25-6-5-20(10-25)11-27-9-15-13(2)22-19(23-17(15)20)21-8-14-3-4-14/h7,14H,3-6,8-11H2,1-2H3,(H,21,22,23). The number of nitrogens with one attached hydrogen (secondary N) is 1. The molecule has 2 aromatic rings. The van der Waals surface area contributed by atoms with Crippen molar-refractivity contribution in [1.82, 2.24) is 20.0 Å². The number of aryl methyl sites for hydroxylation is 2. The molecule has 2 aliphatic heterocycles. The Labute approximate surface area is 163 Å². The molecule has 1 unspecified atom stereocenters. The van der Waals surface area contributed by atoms with Crippen LogP contribution in [0.2, 0.25) is 0 Å². The molecule has 1 N–H and O–H groups in total. The SMILES string of the molecule is Cc1cc(C(=O)N2CCC3(COCc4c(C)nc(NCC5CC5)nc43)C2)no1. The van der Waals surface area contributed by atoms with Gasteiger partial charge in [-0.3, -0.25) is 4.79 Å². The lowest BCUT2D eigenvalue weighted by atomic mass is 9.80. The lowest BCUT2D eigenvalue weighted by Crippen LogP contribution is -2.42. The van der Waals surface area contributed by atoms with E-state index in [4.69, 9.17) is 14.2 Å². The maximum absolute atomic E-state index is 12.8. The van der Waals surface area contributed by atoms with Crippen LogP contribution in [-0.4, -0.2) is 52.2 Å². The van der Waals surface area contributed by atoms with Crippen LogP contribution in [0.5, 0.6) is 0 Å². The predicted octanol–water partition coefficient (Wildman–Crippen LogP) is 2.22. The molecular weight excluding hydrogens is 358 g/mol. The Morgan fingerprint density at radius 1 is 1.36 bits per heavy atom. The van der Waals surface area contributed by atoms with E-state index in [1.54, 1.807) is 13.0 Å². The number of anilines is 1. The highest BCUT2D eigenvalue weighted by Crippen LogP contribution is 2.40. The molecule has 8 nitrogen and oxygen atoms in total. The van der Waals surface area contributed by atoms with E-state index >= 15 is 0 Å². The molecule has 0 aromatic carbocycles. The van der Waals surface area contributed by atoms with Crippen molar-refractivity contribution in [1.29, 1.82) is 0 Å². The maximum atomic E-state index is 12.8. The van der Waals surface area contributed by atoms with Gasteiger partial charge in [-0.25, -0.2) is 9.97 Å². The summed E-state index contributed by atoms with van der Waals surface area (Å²) in [5, 5.41) is 7.28. The van der Waals surface area contributed by atoms with Crippen LogP contribution in [-0.2, 0) is 16.8 Å². The van der Waals surface area contributed by atoms with Gasteiger partial charge in [0.15, 0.2) is 5.69 Å². The normalized spacial score (nSPS) is 23.9. The van der Waals surface area contributed by atoms with Crippen LogP contribution in [0.4, 0.5) is 5.95 Å². The Morgan fingerprint density at radius 2 is 2.21 bits per heavy atom. The molecule has 5 rings (SSSR count). The fourth-order valence-corrected chi connectivity index (χ4v) is 4.25. The summed E-state index contributed by atoms with van der Waals surface area (Å²) in [6.07, 6.45) is 3.39. The van der Waals surface area contributed by atoms with Gasteiger partial charge in [-0.05, 0) is 39.0 Å². The van der Waals surface area contributed by atoms with Crippen molar-refractivity contribution in [3.8, 4) is 0 Å². The third-order valence-corrected chi connectivity index (χ3v) is 6.07. The van der Waals surface area contributed by atoms with E-state index in [1.165, 1.54) is 12.8 Å². The summed E-state index contributed by atoms with van der Waals surface area (Å²) >= 11 is 0. The van der Waals surface area contributed by atoms with Crippen LogP contribution in [0, 0.1) is 19.8 Å². The van der Waals surface area contributed by atoms with Crippen LogP contribution in [0.15, 0.2) is 10.6 Å². The highest BCUT2D eigenvalue weighted by atomic mass is 16.5. The average Bonchev–Trinajstić information content (AvgIpc) is 3.27. The van der Waals surface area contributed by atoms with Crippen molar-refractivity contribution in [2.45, 2.75) is 45.1 Å². The van der Waals surface area contributed by atoms with Crippen LogP contribution >= 0.6 is 0 Å². The van der Waals surface area contributed by atoms with Crippen molar-refractivity contribution in [2.75, 3.05) is 31.6 Å². The monoisotopic (exact) mass is 383 g/mol. The number of fused-ring (bicyclic) bond motifs is 2. The smallest absolute Gasteiger partial charge is 0.276 e. The first-order chi connectivity index (χ1) is 13.5. The molecule has 2 fully saturated rings. The van der Waals surface area contributed by atoms with E-state index in [0.29, 0.717) is 43.7 Å². The van der Waals surface area contributed by atoms with Gasteiger partial charge >= 0.3 is 0 Å². The summed E-state index contributed by atoms with van der Waals surface area (Å²) < 4.78 is 11.0. The Morgan fingerprint density at radius 3 is 2.96 bits per heavy atom. The Bertz CT molecular complexity index is 923. The molecule has 3 aliphatic rings. The largest absolute Gasteiger partial charge is 0.376 e. The van der Waals surface area contributed by atoms with E-state index in [1.807, 2.05) is 11.8 Å². The number of hydrogen-bond donors (Lipinski definition) is 1. The molecule has 1 saturated carbocycles. The quantitative estimate of drug-likeness (QED) is 0.865. The molecule has 1 saturated heterocycles. The Kier molecular flexibility index (Phi) is 4.12. The van der Waals surface area contributed by atoms with Gasteiger partial charge in [0.2, 0.25) is 5.95 Å². The van der Waals surface area contributed by atoms with Gasteiger partial charge in [-0.2, -0.15) is 0 Å². The summed E-state index contributed by atoms with van der Waals surface area (Å²) in [5.74, 6) is 1.99. The molecule has 1 aliphatic carbocycles. The molecule has 2 aromatic heterocycles. The number of carbonyl (C=O) groups is 1. The zero-order valence-electron chi connectivity index (χ0n) is 16.3. The fourth-order valence-electron chi connectivity index (χ4n) is 4.25. The average molecular weight is 383 g/mol. The Hall–Kier alpha value is -2.48. The number of ether oxygens (including phenoxy) is 1. The highest BCUT2D eigenvalue weighted by Gasteiger charge is 2.47. The molecule has 0 radical (unpaired) electrons. The molecule has 8 heteroatoms. The van der Waals surface area contributed by atoms with E-state index < -0.39 is 0 Å². The molecule has 4 heterocycles. The van der Waals surface area contributed by atoms with Gasteiger partial charge < -0.3 is 19.5 Å². The van der Waals surface area contributed by atoms with Gasteiger partial charge in [0, 0.05) is 37.0 Å². The van der Waals surface area contributed by atoms with Crippen molar-refractivity contribution >= 4 is 11.9 Å². The molecular formula is C20H25N5O3. The topological polar surface area (TPSA) is 93.4 Å². The molecule has 0 bridgehead atoms. The first-order valence-corrected chi connectivity index (χ1v) is 9.96. The van der Waals surface area contributed by atoms with Crippen LogP contribution in [0.1, 0.15) is 52.5 Å². The van der Waals surface area contributed by atoms with Gasteiger partial charge in [-0.1, -0.05) is 5.16 Å². The maximum Gasteiger partial charge on any atom is 0.276 e. The second-order valence-corrected chi connectivity index (χ2v) is 8.36. The lowest BCUT2D eigenvalue weighted by molar-refractivity contribution is 0.0479. The van der Waals surface area contributed by atoms with Gasteiger partial charge in [0.25, 0.3) is 5.91 Å². The van der Waals surface area contributed by atoms with Crippen molar-refractivity contribution < 1.29 is 14.1 Å². The van der Waals surface area contributed by atoms with E-state index in [-0.39, 0.29) is 11.3 Å². The minimum Gasteiger partial charge on any atom is -0.376 e. The van der Waals surface area contributed by atoms with E-state index in [2.05, 4.69) is 15.5 Å². The minimum atomic E-state index is -0.286. The van der Waals surface area contributed by atoms with Crippen molar-refractivity contribution in [3.63, 3.8) is 0 Å². The van der Waals surface area contributed by atoms with Crippen LogP contribution < -0.4 is 5.32 Å². The second kappa shape index (κ2) is 6.55. The summed E-state index contributed by atoms with van der Waals surface area (Å²) in [4.78, 5) is 24.2. The number of rotatable bonds is 4. The number of carbonyl (C=O) groups excluding carboxylic acids is 1. The fraction of sp³-hybridized carbons (Fsp3) is 0.600. The van der Waals surface area contributed by atoms with Crippen molar-refractivity contribution in [2.24, 2.45) is 5.92 Å². The lowest BCUT2D eigenvalue weighted by Gasteiger charge is -2.35. The number of hydrogen-bond acceptors (Lipinski definition) is 7. The number of likely N-dealkylation sites (tertiary alicyclic amines) is 1. The third-order valence-electron chi connectivity index (χ3n) is 6.07. The molecule has 148 valence electrons. The zero-order valence-corrected chi connectivity index (χ0v) is 16.3.